The molecule has 2 aromatic rings. The van der Waals surface area contributed by atoms with Crippen LogP contribution in [-0.2, 0) is 4.79 Å². The molecule has 1 aromatic heterocycles. The average molecular weight is 261 g/mol. The quantitative estimate of drug-likeness (QED) is 0.662. The summed E-state index contributed by atoms with van der Waals surface area (Å²) in [6, 6.07) is 3.88. The molecule has 100 valence electrons. The smallest absolute Gasteiger partial charge is 0.321 e. The summed E-state index contributed by atoms with van der Waals surface area (Å²) < 4.78 is 0. The number of carbonyl (C=O) groups is 1. The summed E-state index contributed by atoms with van der Waals surface area (Å²) in [6.07, 6.45) is 3.22. The molecular weight excluding hydrogens is 246 g/mol. The van der Waals surface area contributed by atoms with Crippen LogP contribution in [0.4, 0.5) is 0 Å². The summed E-state index contributed by atoms with van der Waals surface area (Å²) in [4.78, 5) is 17.9. The highest BCUT2D eigenvalue weighted by molar-refractivity contribution is 5.75. The van der Waals surface area contributed by atoms with E-state index >= 15 is 0 Å². The zero-order chi connectivity index (χ0) is 14.0. The lowest BCUT2D eigenvalue weighted by atomic mass is 9.92. The summed E-state index contributed by atoms with van der Waals surface area (Å²) >= 11 is 0. The minimum atomic E-state index is -1.06. The van der Waals surface area contributed by atoms with Crippen molar-refractivity contribution in [1.82, 2.24) is 9.97 Å². The zero-order valence-electron chi connectivity index (χ0n) is 10.4. The number of aromatic amines is 1. The molecule has 6 heteroatoms. The number of nitrogens with two attached hydrogens (primary N) is 1. The summed E-state index contributed by atoms with van der Waals surface area (Å²) in [7, 11) is 0. The molecule has 0 aliphatic carbocycles. The van der Waals surface area contributed by atoms with Crippen LogP contribution in [0.1, 0.15) is 18.4 Å². The Kier molecular flexibility index (Phi) is 3.52. The van der Waals surface area contributed by atoms with Crippen molar-refractivity contribution in [3.8, 4) is 17.1 Å². The SMILES string of the molecule is CC(c1ccc(O)c(-c2ncc[nH]2)c1)C(N)C(=O)O. The Morgan fingerprint density at radius 3 is 2.79 bits per heavy atom. The van der Waals surface area contributed by atoms with E-state index in [-0.39, 0.29) is 11.7 Å². The lowest BCUT2D eigenvalue weighted by molar-refractivity contribution is -0.139. The largest absolute Gasteiger partial charge is 0.507 e. The fourth-order valence-corrected chi connectivity index (χ4v) is 1.86. The van der Waals surface area contributed by atoms with Gasteiger partial charge in [-0.05, 0) is 17.7 Å². The van der Waals surface area contributed by atoms with Crippen LogP contribution in [0.3, 0.4) is 0 Å². The van der Waals surface area contributed by atoms with Crippen LogP contribution in [0.15, 0.2) is 30.6 Å². The van der Waals surface area contributed by atoms with Crippen LogP contribution in [0.5, 0.6) is 5.75 Å². The maximum absolute atomic E-state index is 10.9. The van der Waals surface area contributed by atoms with Crippen LogP contribution in [0.25, 0.3) is 11.4 Å². The topological polar surface area (TPSA) is 112 Å². The highest BCUT2D eigenvalue weighted by atomic mass is 16.4. The van der Waals surface area contributed by atoms with Crippen LogP contribution >= 0.6 is 0 Å². The second kappa shape index (κ2) is 5.11. The molecule has 0 saturated carbocycles. The molecule has 6 nitrogen and oxygen atoms in total. The number of phenols is 1. The van der Waals surface area contributed by atoms with Gasteiger partial charge >= 0.3 is 5.97 Å². The highest BCUT2D eigenvalue weighted by Crippen LogP contribution is 2.30. The van der Waals surface area contributed by atoms with Crippen molar-refractivity contribution in [3.05, 3.63) is 36.2 Å². The molecule has 0 bridgehead atoms. The van der Waals surface area contributed by atoms with Gasteiger partial charge in [0.05, 0.1) is 5.56 Å². The van der Waals surface area contributed by atoms with Crippen molar-refractivity contribution in [2.24, 2.45) is 5.73 Å². The van der Waals surface area contributed by atoms with E-state index in [1.165, 1.54) is 6.07 Å². The third-order valence-electron chi connectivity index (χ3n) is 3.12. The number of benzene rings is 1. The molecule has 0 saturated heterocycles. The van der Waals surface area contributed by atoms with Gasteiger partial charge in [0, 0.05) is 18.3 Å². The van der Waals surface area contributed by atoms with Crippen LogP contribution < -0.4 is 5.73 Å². The normalized spacial score (nSPS) is 14.0. The molecular formula is C13H15N3O3. The minimum Gasteiger partial charge on any atom is -0.507 e. The molecule has 0 fully saturated rings. The number of rotatable bonds is 4. The average Bonchev–Trinajstić information content (AvgIpc) is 2.91. The fraction of sp³-hybridized carbons (Fsp3) is 0.231. The number of carboxylic acids is 1. The highest BCUT2D eigenvalue weighted by Gasteiger charge is 2.22. The Morgan fingerprint density at radius 1 is 1.47 bits per heavy atom. The van der Waals surface area contributed by atoms with E-state index in [0.29, 0.717) is 11.4 Å². The third kappa shape index (κ3) is 2.58. The van der Waals surface area contributed by atoms with Crippen LogP contribution in [-0.4, -0.2) is 32.2 Å². The number of carboxylic acid groups (broad SMARTS) is 1. The molecule has 1 heterocycles. The van der Waals surface area contributed by atoms with Gasteiger partial charge in [-0.25, -0.2) is 4.98 Å². The number of aliphatic carboxylic acids is 1. The van der Waals surface area contributed by atoms with Crippen molar-refractivity contribution in [2.75, 3.05) is 0 Å². The maximum Gasteiger partial charge on any atom is 0.321 e. The number of nitrogens with one attached hydrogen (secondary N) is 1. The summed E-state index contributed by atoms with van der Waals surface area (Å²) in [5.74, 6) is -0.822. The van der Waals surface area contributed by atoms with Crippen molar-refractivity contribution in [2.45, 2.75) is 18.9 Å². The number of hydrogen-bond acceptors (Lipinski definition) is 4. The van der Waals surface area contributed by atoms with E-state index in [2.05, 4.69) is 9.97 Å². The van der Waals surface area contributed by atoms with Crippen molar-refractivity contribution < 1.29 is 15.0 Å². The monoisotopic (exact) mass is 261 g/mol. The number of nitrogens with zero attached hydrogens (tertiary/aromatic N) is 1. The first-order valence-electron chi connectivity index (χ1n) is 5.81. The number of aromatic nitrogens is 2. The van der Waals surface area contributed by atoms with Crippen molar-refractivity contribution in [3.63, 3.8) is 0 Å². The van der Waals surface area contributed by atoms with Crippen LogP contribution in [0, 0.1) is 0 Å². The van der Waals surface area contributed by atoms with Crippen molar-refractivity contribution >= 4 is 5.97 Å². The molecule has 19 heavy (non-hydrogen) atoms. The first-order chi connectivity index (χ1) is 9.00. The van der Waals surface area contributed by atoms with Gasteiger partial charge in [-0.3, -0.25) is 4.79 Å². The second-order valence-electron chi connectivity index (χ2n) is 4.37. The number of phenolic OH excluding ortho intramolecular Hbond substituents is 1. The van der Waals surface area contributed by atoms with Gasteiger partial charge in [0.1, 0.15) is 17.6 Å². The third-order valence-corrected chi connectivity index (χ3v) is 3.12. The Bertz CT molecular complexity index is 581. The molecule has 0 amide bonds. The summed E-state index contributed by atoms with van der Waals surface area (Å²) in [5, 5.41) is 18.8. The van der Waals surface area contributed by atoms with E-state index in [1.807, 2.05) is 0 Å². The zero-order valence-corrected chi connectivity index (χ0v) is 10.4. The first kappa shape index (κ1) is 13.1. The van der Waals surface area contributed by atoms with Gasteiger partial charge in [0.2, 0.25) is 0 Å². The minimum absolute atomic E-state index is 0.0785. The molecule has 5 N–H and O–H groups in total. The Hall–Kier alpha value is -2.34. The Balaban J connectivity index is 2.39. The van der Waals surface area contributed by atoms with Crippen LogP contribution in [0.2, 0.25) is 0 Å². The molecule has 0 spiro atoms. The predicted molar refractivity (Wildman–Crippen MR) is 69.7 cm³/mol. The molecule has 2 unspecified atom stereocenters. The Morgan fingerprint density at radius 2 is 2.21 bits per heavy atom. The molecule has 1 aromatic carbocycles. The number of hydrogen-bond donors (Lipinski definition) is 4. The molecule has 0 radical (unpaired) electrons. The van der Waals surface area contributed by atoms with Gasteiger partial charge in [-0.2, -0.15) is 0 Å². The molecule has 0 aliphatic heterocycles. The lowest BCUT2D eigenvalue weighted by Crippen LogP contribution is -2.35. The number of aromatic hydroxyl groups is 1. The fourth-order valence-electron chi connectivity index (χ4n) is 1.86. The molecule has 2 rings (SSSR count). The van der Waals surface area contributed by atoms with E-state index in [9.17, 15) is 9.90 Å². The van der Waals surface area contributed by atoms with Gasteiger partial charge in [0.15, 0.2) is 0 Å². The lowest BCUT2D eigenvalue weighted by Gasteiger charge is -2.17. The summed E-state index contributed by atoms with van der Waals surface area (Å²) in [5.41, 5.74) is 6.87. The second-order valence-corrected chi connectivity index (χ2v) is 4.37. The van der Waals surface area contributed by atoms with Gasteiger partial charge in [-0.1, -0.05) is 13.0 Å². The van der Waals surface area contributed by atoms with E-state index in [0.717, 1.165) is 5.56 Å². The number of H-pyrrole nitrogens is 1. The standard InChI is InChI=1S/C13H15N3O3/c1-7(11(14)13(18)19)8-2-3-10(17)9(6-8)12-15-4-5-16-12/h2-7,11,17H,14H2,1H3,(H,15,16)(H,18,19). The van der Waals surface area contributed by atoms with Gasteiger partial charge in [-0.15, -0.1) is 0 Å². The molecule has 0 aliphatic rings. The van der Waals surface area contributed by atoms with Crippen molar-refractivity contribution in [1.29, 1.82) is 0 Å². The maximum atomic E-state index is 10.9. The van der Waals surface area contributed by atoms with E-state index < -0.39 is 12.0 Å². The number of imidazole rings is 1. The summed E-state index contributed by atoms with van der Waals surface area (Å²) in [6.45, 7) is 1.73. The van der Waals surface area contributed by atoms with Gasteiger partial charge in [0.25, 0.3) is 0 Å². The van der Waals surface area contributed by atoms with E-state index in [4.69, 9.17) is 10.8 Å². The first-order valence-corrected chi connectivity index (χ1v) is 5.81. The van der Waals surface area contributed by atoms with Gasteiger partial charge < -0.3 is 20.9 Å². The predicted octanol–water partition coefficient (Wildman–Crippen LogP) is 1.30. The molecule has 2 atom stereocenters. The van der Waals surface area contributed by atoms with E-state index in [1.54, 1.807) is 31.5 Å². The Labute approximate surface area is 109 Å².